The minimum atomic E-state index is -3.77. The molecule has 0 aliphatic rings. The number of sulfonamides is 1. The molecule has 0 bridgehead atoms. The lowest BCUT2D eigenvalue weighted by molar-refractivity contribution is 0.566. The zero-order valence-corrected chi connectivity index (χ0v) is 13.1. The highest BCUT2D eigenvalue weighted by molar-refractivity contribution is 7.92. The van der Waals surface area contributed by atoms with Gasteiger partial charge in [-0.15, -0.1) is 0 Å². The molecule has 0 N–H and O–H groups in total. The highest BCUT2D eigenvalue weighted by Gasteiger charge is 2.32. The zero-order chi connectivity index (χ0) is 14.9. The number of rotatable bonds is 4. The van der Waals surface area contributed by atoms with Crippen LogP contribution in [0.2, 0.25) is 5.02 Å². The molecule has 0 atom stereocenters. The SMILES string of the molecule is CC(C)N(c1ccccc1)S(=O)(=O)c1c(Cl)cnn1C. The minimum absolute atomic E-state index is 0.00304. The van der Waals surface area contributed by atoms with Gasteiger partial charge in [0.2, 0.25) is 0 Å². The monoisotopic (exact) mass is 313 g/mol. The van der Waals surface area contributed by atoms with Crippen LogP contribution in [0, 0.1) is 0 Å². The average molecular weight is 314 g/mol. The molecule has 0 saturated carbocycles. The summed E-state index contributed by atoms with van der Waals surface area (Å²) in [4.78, 5) is 0. The molecule has 0 fully saturated rings. The molecule has 0 unspecified atom stereocenters. The zero-order valence-electron chi connectivity index (χ0n) is 11.5. The smallest absolute Gasteiger partial charge is 0.263 e. The topological polar surface area (TPSA) is 55.2 Å². The van der Waals surface area contributed by atoms with Gasteiger partial charge in [0.05, 0.1) is 16.9 Å². The molecule has 0 spiro atoms. The van der Waals surface area contributed by atoms with Gasteiger partial charge in [0, 0.05) is 13.1 Å². The normalized spacial score (nSPS) is 11.8. The van der Waals surface area contributed by atoms with Crippen molar-refractivity contribution in [3.05, 3.63) is 41.6 Å². The third kappa shape index (κ3) is 2.53. The Morgan fingerprint density at radius 3 is 2.30 bits per heavy atom. The number of halogens is 1. The number of anilines is 1. The van der Waals surface area contributed by atoms with Crippen LogP contribution >= 0.6 is 11.6 Å². The summed E-state index contributed by atoms with van der Waals surface area (Å²) in [6.07, 6.45) is 1.33. The number of aromatic nitrogens is 2. The summed E-state index contributed by atoms with van der Waals surface area (Å²) in [6, 6.07) is 8.69. The van der Waals surface area contributed by atoms with Gasteiger partial charge in [-0.2, -0.15) is 13.5 Å². The van der Waals surface area contributed by atoms with Gasteiger partial charge < -0.3 is 0 Å². The lowest BCUT2D eigenvalue weighted by Crippen LogP contribution is -2.38. The second-order valence-corrected chi connectivity index (χ2v) is 6.79. The maximum absolute atomic E-state index is 12.9. The molecule has 20 heavy (non-hydrogen) atoms. The fraction of sp³-hybridized carbons (Fsp3) is 0.308. The van der Waals surface area contributed by atoms with E-state index < -0.39 is 10.0 Å². The van der Waals surface area contributed by atoms with Crippen molar-refractivity contribution < 1.29 is 8.42 Å². The predicted octanol–water partition coefficient (Wildman–Crippen LogP) is 2.68. The van der Waals surface area contributed by atoms with Gasteiger partial charge in [-0.3, -0.25) is 8.99 Å². The number of hydrogen-bond acceptors (Lipinski definition) is 3. The molecule has 5 nitrogen and oxygen atoms in total. The van der Waals surface area contributed by atoms with E-state index in [1.165, 1.54) is 15.2 Å². The Morgan fingerprint density at radius 1 is 1.25 bits per heavy atom. The van der Waals surface area contributed by atoms with Crippen LogP contribution in [0.3, 0.4) is 0 Å². The Labute approximate surface area is 123 Å². The fourth-order valence-corrected chi connectivity index (χ4v) is 4.35. The van der Waals surface area contributed by atoms with E-state index in [2.05, 4.69) is 5.10 Å². The Bertz CT molecular complexity index is 676. The summed E-state index contributed by atoms with van der Waals surface area (Å²) >= 11 is 5.98. The molecule has 2 aromatic rings. The summed E-state index contributed by atoms with van der Waals surface area (Å²) < 4.78 is 28.3. The van der Waals surface area contributed by atoms with Gasteiger partial charge in [0.25, 0.3) is 10.0 Å². The van der Waals surface area contributed by atoms with Crippen LogP contribution in [0.4, 0.5) is 5.69 Å². The van der Waals surface area contributed by atoms with E-state index in [-0.39, 0.29) is 16.1 Å². The van der Waals surface area contributed by atoms with Crippen LogP contribution in [-0.4, -0.2) is 24.2 Å². The summed E-state index contributed by atoms with van der Waals surface area (Å²) in [5.41, 5.74) is 0.597. The fourth-order valence-electron chi connectivity index (χ4n) is 2.07. The average Bonchev–Trinajstić information content (AvgIpc) is 2.70. The molecule has 2 rings (SSSR count). The molecule has 0 saturated heterocycles. The lowest BCUT2D eigenvalue weighted by atomic mass is 10.3. The second kappa shape index (κ2) is 5.46. The van der Waals surface area contributed by atoms with Crippen molar-refractivity contribution in [2.45, 2.75) is 24.9 Å². The van der Waals surface area contributed by atoms with Crippen molar-refractivity contribution in [3.8, 4) is 0 Å². The molecular weight excluding hydrogens is 298 g/mol. The molecule has 0 radical (unpaired) electrons. The maximum atomic E-state index is 12.9. The third-order valence-corrected chi connectivity index (χ3v) is 5.34. The maximum Gasteiger partial charge on any atom is 0.283 e. The molecule has 1 aromatic carbocycles. The summed E-state index contributed by atoms with van der Waals surface area (Å²) in [5.74, 6) is 0. The first-order chi connectivity index (χ1) is 9.35. The summed E-state index contributed by atoms with van der Waals surface area (Å²) in [7, 11) is -2.21. The summed E-state index contributed by atoms with van der Waals surface area (Å²) in [6.45, 7) is 3.63. The van der Waals surface area contributed by atoms with Gasteiger partial charge >= 0.3 is 0 Å². The van der Waals surface area contributed by atoms with Gasteiger partial charge in [0.15, 0.2) is 5.03 Å². The molecule has 7 heteroatoms. The van der Waals surface area contributed by atoms with E-state index in [0.29, 0.717) is 5.69 Å². The van der Waals surface area contributed by atoms with Crippen LogP contribution in [0.25, 0.3) is 0 Å². The molecule has 1 heterocycles. The summed E-state index contributed by atoms with van der Waals surface area (Å²) in [5, 5.41) is 4.01. The van der Waals surface area contributed by atoms with E-state index in [1.54, 1.807) is 31.3 Å². The van der Waals surface area contributed by atoms with Crippen molar-refractivity contribution in [1.29, 1.82) is 0 Å². The number of benzene rings is 1. The highest BCUT2D eigenvalue weighted by Crippen LogP contribution is 2.29. The van der Waals surface area contributed by atoms with E-state index >= 15 is 0 Å². The largest absolute Gasteiger partial charge is 0.283 e. The first kappa shape index (κ1) is 14.9. The lowest BCUT2D eigenvalue weighted by Gasteiger charge is -2.28. The van der Waals surface area contributed by atoms with E-state index in [1.807, 2.05) is 19.9 Å². The number of hydrogen-bond donors (Lipinski definition) is 0. The van der Waals surface area contributed by atoms with Crippen LogP contribution < -0.4 is 4.31 Å². The number of aryl methyl sites for hydroxylation is 1. The van der Waals surface area contributed by atoms with Crippen LogP contribution in [0.1, 0.15) is 13.8 Å². The van der Waals surface area contributed by atoms with Gasteiger partial charge in [0.1, 0.15) is 0 Å². The van der Waals surface area contributed by atoms with Gasteiger partial charge in [-0.05, 0) is 26.0 Å². The first-order valence-electron chi connectivity index (χ1n) is 6.12. The van der Waals surface area contributed by atoms with Gasteiger partial charge in [-0.1, -0.05) is 29.8 Å². The van der Waals surface area contributed by atoms with Gasteiger partial charge in [-0.25, -0.2) is 0 Å². The van der Waals surface area contributed by atoms with Crippen LogP contribution in [0.15, 0.2) is 41.6 Å². The van der Waals surface area contributed by atoms with Crippen molar-refractivity contribution in [2.24, 2.45) is 7.05 Å². The van der Waals surface area contributed by atoms with Crippen LogP contribution in [0.5, 0.6) is 0 Å². The molecule has 1 aromatic heterocycles. The molecule has 0 aliphatic heterocycles. The quantitative estimate of drug-likeness (QED) is 0.872. The van der Waals surface area contributed by atoms with E-state index in [4.69, 9.17) is 11.6 Å². The highest BCUT2D eigenvalue weighted by atomic mass is 35.5. The standard InChI is InChI=1S/C13H16ClN3O2S/c1-10(2)17(11-7-5-4-6-8-11)20(18,19)13-12(14)9-15-16(13)3/h4-10H,1-3H3. The van der Waals surface area contributed by atoms with E-state index in [9.17, 15) is 8.42 Å². The number of nitrogens with zero attached hydrogens (tertiary/aromatic N) is 3. The van der Waals surface area contributed by atoms with Crippen molar-refractivity contribution >= 4 is 27.3 Å². The van der Waals surface area contributed by atoms with Crippen molar-refractivity contribution in [1.82, 2.24) is 9.78 Å². The molecule has 108 valence electrons. The Morgan fingerprint density at radius 2 is 1.85 bits per heavy atom. The Balaban J connectivity index is 2.61. The molecule has 0 aliphatic carbocycles. The van der Waals surface area contributed by atoms with Crippen molar-refractivity contribution in [2.75, 3.05) is 4.31 Å². The third-order valence-electron chi connectivity index (χ3n) is 2.83. The minimum Gasteiger partial charge on any atom is -0.263 e. The Hall–Kier alpha value is -1.53. The molecular formula is C13H16ClN3O2S. The van der Waals surface area contributed by atoms with Crippen LogP contribution in [-0.2, 0) is 17.1 Å². The predicted molar refractivity (Wildman–Crippen MR) is 79.5 cm³/mol. The van der Waals surface area contributed by atoms with Crippen molar-refractivity contribution in [3.63, 3.8) is 0 Å². The number of para-hydroxylation sites is 1. The van der Waals surface area contributed by atoms with E-state index in [0.717, 1.165) is 0 Å². The first-order valence-corrected chi connectivity index (χ1v) is 7.94. The molecule has 0 amide bonds. The second-order valence-electron chi connectivity index (χ2n) is 4.65. The Kier molecular flexibility index (Phi) is 4.06.